The van der Waals surface area contributed by atoms with Gasteiger partial charge in [-0.05, 0) is 35.9 Å². The van der Waals surface area contributed by atoms with Crippen LogP contribution in [-0.4, -0.2) is 56.1 Å². The zero-order valence-corrected chi connectivity index (χ0v) is 17.1. The van der Waals surface area contributed by atoms with Crippen molar-refractivity contribution in [1.29, 1.82) is 0 Å². The monoisotopic (exact) mass is 482 g/mol. The molecule has 3 aromatic heterocycles. The summed E-state index contributed by atoms with van der Waals surface area (Å²) in [6.45, 7) is 0.371. The van der Waals surface area contributed by atoms with Crippen molar-refractivity contribution in [3.63, 3.8) is 0 Å². The standard InChI is InChI=1S/C7H7ClN4O.C4H5ClN4.C3H5ClO2.2CH4/c1-13-4-7-10-9-6-3-2-5(8)11-12(6)7;5-3-1-2-4(7-6)9-8-3;1-6-2-3(4)5;;/h2-3H,4H2,1H3;1-2H,6H2,(H,7,9);2H2,1H3;2*1H4. The zero-order chi connectivity index (χ0) is 20.9. The maximum Gasteiger partial charge on any atom is 0.247 e. The number of nitrogens with zero attached hydrogens (tertiary/aromatic N) is 6. The SMILES string of the molecule is C.C.COCC(=O)Cl.COCc1nnc2ccc(Cl)nn12.NNc1ccc(Cl)nn1. The third-order valence-electron chi connectivity index (χ3n) is 2.61. The molecule has 0 spiro atoms. The molecule has 168 valence electrons. The number of methoxy groups -OCH3 is 2. The van der Waals surface area contributed by atoms with E-state index in [4.69, 9.17) is 45.4 Å². The summed E-state index contributed by atoms with van der Waals surface area (Å²) in [7, 11) is 3.01. The molecular formula is C16H25Cl3N8O3. The molecule has 0 aromatic carbocycles. The van der Waals surface area contributed by atoms with E-state index >= 15 is 0 Å². The molecule has 3 aromatic rings. The van der Waals surface area contributed by atoms with Gasteiger partial charge in [-0.3, -0.25) is 4.79 Å². The van der Waals surface area contributed by atoms with E-state index in [1.165, 1.54) is 7.11 Å². The molecule has 3 heterocycles. The van der Waals surface area contributed by atoms with E-state index in [-0.39, 0.29) is 21.5 Å². The van der Waals surface area contributed by atoms with E-state index < -0.39 is 5.24 Å². The molecule has 0 amide bonds. The number of hydrogen-bond acceptors (Lipinski definition) is 10. The summed E-state index contributed by atoms with van der Waals surface area (Å²) in [6.07, 6.45) is 0. The summed E-state index contributed by atoms with van der Waals surface area (Å²) in [5.41, 5.74) is 2.99. The van der Waals surface area contributed by atoms with E-state index in [9.17, 15) is 4.79 Å². The molecular weight excluding hydrogens is 459 g/mol. The largest absolute Gasteiger partial charge is 0.377 e. The molecule has 0 aliphatic carbocycles. The number of halogens is 3. The van der Waals surface area contributed by atoms with E-state index in [0.717, 1.165) is 0 Å². The number of carbonyl (C=O) groups excluding carboxylic acids is 1. The van der Waals surface area contributed by atoms with E-state index in [1.807, 2.05) is 0 Å². The van der Waals surface area contributed by atoms with Crippen LogP contribution in [0.25, 0.3) is 5.65 Å². The highest BCUT2D eigenvalue weighted by Crippen LogP contribution is 2.07. The number of aromatic nitrogens is 6. The number of anilines is 1. The molecule has 14 heteroatoms. The van der Waals surface area contributed by atoms with Gasteiger partial charge in [0.25, 0.3) is 0 Å². The van der Waals surface area contributed by atoms with Gasteiger partial charge < -0.3 is 14.9 Å². The van der Waals surface area contributed by atoms with Gasteiger partial charge in [0.05, 0.1) is 0 Å². The predicted octanol–water partition coefficient (Wildman–Crippen LogP) is 3.01. The number of nitrogen functional groups attached to an aromatic ring is 1. The van der Waals surface area contributed by atoms with Crippen molar-refractivity contribution >= 4 is 51.5 Å². The number of hydrazine groups is 1. The van der Waals surface area contributed by atoms with Crippen LogP contribution in [0.1, 0.15) is 20.7 Å². The van der Waals surface area contributed by atoms with Crippen LogP contribution in [0.3, 0.4) is 0 Å². The summed E-state index contributed by atoms with van der Waals surface area (Å²) < 4.78 is 10.8. The molecule has 3 rings (SSSR count). The molecule has 0 aliphatic heterocycles. The number of fused-ring (bicyclic) bond motifs is 1. The fraction of sp³-hybridized carbons (Fsp3) is 0.375. The maximum atomic E-state index is 9.68. The minimum Gasteiger partial charge on any atom is -0.377 e. The average molecular weight is 484 g/mol. The Morgan fingerprint density at radius 2 is 1.70 bits per heavy atom. The molecule has 0 fully saturated rings. The first-order valence-corrected chi connectivity index (χ1v) is 8.53. The van der Waals surface area contributed by atoms with Gasteiger partial charge in [-0.15, -0.1) is 20.4 Å². The number of carbonyl (C=O) groups is 1. The van der Waals surface area contributed by atoms with Gasteiger partial charge in [0.2, 0.25) is 5.24 Å². The third-order valence-corrected chi connectivity index (χ3v) is 3.12. The Kier molecular flexibility index (Phi) is 16.7. The first-order valence-electron chi connectivity index (χ1n) is 7.40. The Bertz CT molecular complexity index is 865. The summed E-state index contributed by atoms with van der Waals surface area (Å²) in [5.74, 6) is 6.14. The van der Waals surface area contributed by atoms with Crippen LogP contribution in [0.5, 0.6) is 0 Å². The first-order chi connectivity index (χ1) is 13.4. The van der Waals surface area contributed by atoms with Gasteiger partial charge in [0.1, 0.15) is 18.4 Å². The molecule has 0 unspecified atom stereocenters. The van der Waals surface area contributed by atoms with E-state index in [2.05, 4.69) is 35.7 Å². The Morgan fingerprint density at radius 1 is 1.03 bits per heavy atom. The van der Waals surface area contributed by atoms with Crippen LogP contribution >= 0.6 is 34.8 Å². The van der Waals surface area contributed by atoms with Crippen LogP contribution in [0, 0.1) is 0 Å². The molecule has 0 bridgehead atoms. The normalized spacial score (nSPS) is 9.13. The number of nitrogens with one attached hydrogen (secondary N) is 1. The Hall–Kier alpha value is -2.15. The van der Waals surface area contributed by atoms with E-state index in [0.29, 0.717) is 34.2 Å². The molecule has 0 saturated heterocycles. The lowest BCUT2D eigenvalue weighted by atomic mass is 10.5. The second-order valence-corrected chi connectivity index (χ2v) is 5.85. The van der Waals surface area contributed by atoms with Gasteiger partial charge in [0, 0.05) is 14.2 Å². The van der Waals surface area contributed by atoms with Gasteiger partial charge in [0.15, 0.2) is 22.4 Å². The fourth-order valence-electron chi connectivity index (χ4n) is 1.54. The minimum atomic E-state index is -0.461. The molecule has 11 nitrogen and oxygen atoms in total. The highest BCUT2D eigenvalue weighted by Gasteiger charge is 2.05. The fourth-order valence-corrected chi connectivity index (χ4v) is 1.88. The minimum absolute atomic E-state index is 0. The smallest absolute Gasteiger partial charge is 0.247 e. The molecule has 0 atom stereocenters. The van der Waals surface area contributed by atoms with Crippen molar-refractivity contribution in [3.05, 3.63) is 40.4 Å². The van der Waals surface area contributed by atoms with Crippen molar-refractivity contribution < 1.29 is 14.3 Å². The van der Waals surface area contributed by atoms with Crippen LogP contribution in [0.4, 0.5) is 5.82 Å². The van der Waals surface area contributed by atoms with Crippen molar-refractivity contribution in [2.24, 2.45) is 5.84 Å². The van der Waals surface area contributed by atoms with Gasteiger partial charge >= 0.3 is 0 Å². The first kappa shape index (κ1) is 30.0. The summed E-state index contributed by atoms with van der Waals surface area (Å²) in [4.78, 5) is 9.68. The van der Waals surface area contributed by atoms with Crippen LogP contribution in [0.2, 0.25) is 10.3 Å². The Balaban J connectivity index is 0. The third kappa shape index (κ3) is 11.1. The number of rotatable bonds is 5. The molecule has 0 aliphatic rings. The van der Waals surface area contributed by atoms with Crippen LogP contribution in [0.15, 0.2) is 24.3 Å². The molecule has 0 saturated carbocycles. The maximum absolute atomic E-state index is 9.68. The lowest BCUT2D eigenvalue weighted by molar-refractivity contribution is -0.114. The second kappa shape index (κ2) is 16.6. The molecule has 30 heavy (non-hydrogen) atoms. The van der Waals surface area contributed by atoms with Gasteiger partial charge in [-0.25, -0.2) is 5.84 Å². The van der Waals surface area contributed by atoms with Crippen molar-refractivity contribution in [2.45, 2.75) is 21.5 Å². The summed E-state index contributed by atoms with van der Waals surface area (Å²) >= 11 is 16.0. The number of hydrogen-bond donors (Lipinski definition) is 2. The number of ether oxygens (including phenoxy) is 2. The average Bonchev–Trinajstić information content (AvgIpc) is 3.06. The number of nitrogens with two attached hydrogens (primary N) is 1. The topological polar surface area (TPSA) is 142 Å². The second-order valence-electron chi connectivity index (χ2n) is 4.65. The predicted molar refractivity (Wildman–Crippen MR) is 118 cm³/mol. The van der Waals surface area contributed by atoms with Crippen molar-refractivity contribution in [2.75, 3.05) is 26.3 Å². The summed E-state index contributed by atoms with van der Waals surface area (Å²) in [5, 5.41) is 19.2. The van der Waals surface area contributed by atoms with Crippen LogP contribution < -0.4 is 11.3 Å². The molecule has 0 radical (unpaired) electrons. The van der Waals surface area contributed by atoms with Gasteiger partial charge in [-0.2, -0.15) is 9.61 Å². The van der Waals surface area contributed by atoms with Gasteiger partial charge in [-0.1, -0.05) is 38.1 Å². The zero-order valence-electron chi connectivity index (χ0n) is 14.8. The highest BCUT2D eigenvalue weighted by molar-refractivity contribution is 6.63. The highest BCUT2D eigenvalue weighted by atomic mass is 35.5. The lowest BCUT2D eigenvalue weighted by Crippen LogP contribution is -2.08. The molecule has 3 N–H and O–H groups in total. The van der Waals surface area contributed by atoms with Crippen LogP contribution in [-0.2, 0) is 20.9 Å². The lowest BCUT2D eigenvalue weighted by Gasteiger charge is -1.96. The van der Waals surface area contributed by atoms with E-state index in [1.54, 1.807) is 35.9 Å². The Labute approximate surface area is 189 Å². The Morgan fingerprint density at radius 3 is 2.17 bits per heavy atom. The van der Waals surface area contributed by atoms with Crippen molar-refractivity contribution in [1.82, 2.24) is 30.0 Å². The quantitative estimate of drug-likeness (QED) is 0.316. The summed E-state index contributed by atoms with van der Waals surface area (Å²) in [6, 6.07) is 6.66. The van der Waals surface area contributed by atoms with Crippen molar-refractivity contribution in [3.8, 4) is 0 Å².